The molecule has 0 aliphatic heterocycles. The summed E-state index contributed by atoms with van der Waals surface area (Å²) in [5.41, 5.74) is 6.03. The molecular formula is C14H18BrN3OS. The highest BCUT2D eigenvalue weighted by Crippen LogP contribution is 2.29. The van der Waals surface area contributed by atoms with Crippen LogP contribution in [0.4, 0.5) is 0 Å². The van der Waals surface area contributed by atoms with E-state index in [9.17, 15) is 0 Å². The Hall–Kier alpha value is -0.850. The summed E-state index contributed by atoms with van der Waals surface area (Å²) in [6.07, 6.45) is 0.846. The van der Waals surface area contributed by atoms with Crippen LogP contribution in [-0.4, -0.2) is 10.1 Å². The van der Waals surface area contributed by atoms with Crippen molar-refractivity contribution in [3.05, 3.63) is 40.5 Å². The van der Waals surface area contributed by atoms with Gasteiger partial charge in [-0.3, -0.25) is 0 Å². The largest absolute Gasteiger partial charge is 0.338 e. The van der Waals surface area contributed by atoms with E-state index in [1.807, 2.05) is 18.2 Å². The van der Waals surface area contributed by atoms with E-state index in [2.05, 4.69) is 46.0 Å². The average Bonchev–Trinajstić information content (AvgIpc) is 2.86. The van der Waals surface area contributed by atoms with Crippen molar-refractivity contribution in [2.75, 3.05) is 0 Å². The lowest BCUT2D eigenvalue weighted by Gasteiger charge is -2.08. The van der Waals surface area contributed by atoms with Gasteiger partial charge in [-0.15, -0.1) is 11.8 Å². The topological polar surface area (TPSA) is 64.9 Å². The SMILES string of the molecule is CC(C)C[C@@H](N)c1nc(CSc2ccccc2Br)no1. The molecule has 2 aromatic rings. The minimum absolute atomic E-state index is 0.176. The maximum atomic E-state index is 6.03. The highest BCUT2D eigenvalue weighted by Gasteiger charge is 2.16. The lowest BCUT2D eigenvalue weighted by Crippen LogP contribution is -2.13. The molecule has 2 N–H and O–H groups in total. The van der Waals surface area contributed by atoms with Gasteiger partial charge in [-0.2, -0.15) is 4.98 Å². The smallest absolute Gasteiger partial charge is 0.243 e. The van der Waals surface area contributed by atoms with Crippen molar-refractivity contribution in [2.24, 2.45) is 11.7 Å². The van der Waals surface area contributed by atoms with Crippen LogP contribution >= 0.6 is 27.7 Å². The van der Waals surface area contributed by atoms with Crippen molar-refractivity contribution >= 4 is 27.7 Å². The number of thioether (sulfide) groups is 1. The molecule has 108 valence electrons. The lowest BCUT2D eigenvalue weighted by atomic mass is 10.0. The van der Waals surface area contributed by atoms with Crippen LogP contribution in [0.2, 0.25) is 0 Å². The summed E-state index contributed by atoms with van der Waals surface area (Å²) in [5.74, 6) is 2.39. The molecule has 0 amide bonds. The molecule has 0 fully saturated rings. The first kappa shape index (κ1) is 15.5. The van der Waals surface area contributed by atoms with E-state index in [-0.39, 0.29) is 6.04 Å². The van der Waals surface area contributed by atoms with Gasteiger partial charge in [0, 0.05) is 9.37 Å². The summed E-state index contributed by atoms with van der Waals surface area (Å²) >= 11 is 5.19. The summed E-state index contributed by atoms with van der Waals surface area (Å²) < 4.78 is 6.31. The third-order valence-corrected chi connectivity index (χ3v) is 4.74. The van der Waals surface area contributed by atoms with E-state index in [4.69, 9.17) is 10.3 Å². The number of hydrogen-bond donors (Lipinski definition) is 1. The molecule has 1 heterocycles. The van der Waals surface area contributed by atoms with Crippen LogP contribution in [0.5, 0.6) is 0 Å². The first-order chi connectivity index (χ1) is 9.56. The highest BCUT2D eigenvalue weighted by molar-refractivity contribution is 9.10. The second-order valence-corrected chi connectivity index (χ2v) is 6.88. The van der Waals surface area contributed by atoms with Crippen LogP contribution < -0.4 is 5.73 Å². The monoisotopic (exact) mass is 355 g/mol. The van der Waals surface area contributed by atoms with Gasteiger partial charge in [0.15, 0.2) is 5.82 Å². The van der Waals surface area contributed by atoms with Crippen molar-refractivity contribution in [1.29, 1.82) is 0 Å². The normalized spacial score (nSPS) is 12.8. The highest BCUT2D eigenvalue weighted by atomic mass is 79.9. The van der Waals surface area contributed by atoms with Gasteiger partial charge in [0.2, 0.25) is 5.89 Å². The molecule has 20 heavy (non-hydrogen) atoms. The Morgan fingerprint density at radius 3 is 2.80 bits per heavy atom. The minimum atomic E-state index is -0.176. The first-order valence-corrected chi connectivity index (χ1v) is 8.29. The van der Waals surface area contributed by atoms with Gasteiger partial charge < -0.3 is 10.3 Å². The zero-order valence-electron chi connectivity index (χ0n) is 11.5. The van der Waals surface area contributed by atoms with Gasteiger partial charge >= 0.3 is 0 Å². The number of nitrogens with two attached hydrogens (primary N) is 1. The Labute approximate surface area is 131 Å². The standard InChI is InChI=1S/C14H18BrN3OS/c1-9(2)7-11(16)14-17-13(18-19-14)8-20-12-6-4-3-5-10(12)15/h3-6,9,11H,7-8,16H2,1-2H3/t11-/m1/s1. The summed E-state index contributed by atoms with van der Waals surface area (Å²) in [5, 5.41) is 3.99. The maximum absolute atomic E-state index is 6.03. The predicted molar refractivity (Wildman–Crippen MR) is 84.4 cm³/mol. The Bertz CT molecular complexity index is 559. The molecular weight excluding hydrogens is 338 g/mol. The minimum Gasteiger partial charge on any atom is -0.338 e. The molecule has 0 aliphatic carbocycles. The molecule has 0 bridgehead atoms. The summed E-state index contributed by atoms with van der Waals surface area (Å²) in [6, 6.07) is 7.89. The number of aromatic nitrogens is 2. The quantitative estimate of drug-likeness (QED) is 0.787. The van der Waals surface area contributed by atoms with E-state index in [1.165, 1.54) is 0 Å². The van der Waals surface area contributed by atoms with Gasteiger partial charge in [0.25, 0.3) is 0 Å². The fraction of sp³-hybridized carbons (Fsp3) is 0.429. The zero-order valence-corrected chi connectivity index (χ0v) is 13.9. The predicted octanol–water partition coefficient (Wildman–Crippen LogP) is 4.17. The zero-order chi connectivity index (χ0) is 14.5. The average molecular weight is 356 g/mol. The number of nitrogens with zero attached hydrogens (tertiary/aromatic N) is 2. The van der Waals surface area contributed by atoms with Crippen LogP contribution in [0.3, 0.4) is 0 Å². The van der Waals surface area contributed by atoms with E-state index >= 15 is 0 Å². The van der Waals surface area contributed by atoms with E-state index < -0.39 is 0 Å². The Kier molecular flexibility index (Phi) is 5.63. The Balaban J connectivity index is 1.95. The lowest BCUT2D eigenvalue weighted by molar-refractivity contribution is 0.333. The van der Waals surface area contributed by atoms with Crippen molar-refractivity contribution < 1.29 is 4.52 Å². The number of hydrogen-bond acceptors (Lipinski definition) is 5. The van der Waals surface area contributed by atoms with Crippen LogP contribution in [-0.2, 0) is 5.75 Å². The van der Waals surface area contributed by atoms with Crippen LogP contribution in [0.25, 0.3) is 0 Å². The number of rotatable bonds is 6. The molecule has 0 radical (unpaired) electrons. The first-order valence-electron chi connectivity index (χ1n) is 6.51. The van der Waals surface area contributed by atoms with E-state index in [0.717, 1.165) is 15.8 Å². The summed E-state index contributed by atoms with van der Waals surface area (Å²) in [4.78, 5) is 5.53. The fourth-order valence-electron chi connectivity index (χ4n) is 1.79. The molecule has 1 atom stereocenters. The van der Waals surface area contributed by atoms with Gasteiger partial charge in [-0.05, 0) is 40.4 Å². The maximum Gasteiger partial charge on any atom is 0.243 e. The van der Waals surface area contributed by atoms with E-state index in [0.29, 0.717) is 23.4 Å². The summed E-state index contributed by atoms with van der Waals surface area (Å²) in [6.45, 7) is 4.25. The Morgan fingerprint density at radius 2 is 2.10 bits per heavy atom. The van der Waals surface area contributed by atoms with Crippen molar-refractivity contribution in [1.82, 2.24) is 10.1 Å². The molecule has 0 spiro atoms. The molecule has 2 rings (SSSR count). The van der Waals surface area contributed by atoms with Crippen molar-refractivity contribution in [3.8, 4) is 0 Å². The van der Waals surface area contributed by atoms with Crippen molar-refractivity contribution in [3.63, 3.8) is 0 Å². The molecule has 1 aromatic heterocycles. The number of benzene rings is 1. The molecule has 0 saturated carbocycles. The van der Waals surface area contributed by atoms with E-state index in [1.54, 1.807) is 11.8 Å². The molecule has 0 aliphatic rings. The second kappa shape index (κ2) is 7.24. The fourth-order valence-corrected chi connectivity index (χ4v) is 3.20. The van der Waals surface area contributed by atoms with Gasteiger partial charge in [0.1, 0.15) is 0 Å². The second-order valence-electron chi connectivity index (χ2n) is 5.00. The molecule has 6 heteroatoms. The van der Waals surface area contributed by atoms with Crippen molar-refractivity contribution in [2.45, 2.75) is 37.0 Å². The third-order valence-electron chi connectivity index (χ3n) is 2.72. The third kappa shape index (κ3) is 4.33. The van der Waals surface area contributed by atoms with Gasteiger partial charge in [-0.25, -0.2) is 0 Å². The Morgan fingerprint density at radius 1 is 1.35 bits per heavy atom. The van der Waals surface area contributed by atoms with Crippen LogP contribution in [0.1, 0.15) is 38.0 Å². The molecule has 0 saturated heterocycles. The van der Waals surface area contributed by atoms with Crippen LogP contribution in [0.15, 0.2) is 38.2 Å². The molecule has 0 unspecified atom stereocenters. The van der Waals surface area contributed by atoms with Crippen LogP contribution in [0, 0.1) is 5.92 Å². The summed E-state index contributed by atoms with van der Waals surface area (Å²) in [7, 11) is 0. The molecule has 1 aromatic carbocycles. The number of halogens is 1. The van der Waals surface area contributed by atoms with Gasteiger partial charge in [0.05, 0.1) is 11.8 Å². The van der Waals surface area contributed by atoms with Gasteiger partial charge in [-0.1, -0.05) is 31.1 Å². The molecule has 4 nitrogen and oxygen atoms in total.